The Hall–Kier alpha value is -2.38. The second-order valence-corrected chi connectivity index (χ2v) is 7.48. The molecule has 3 N–H and O–H groups in total. The van der Waals surface area contributed by atoms with Crippen molar-refractivity contribution in [1.29, 1.82) is 0 Å². The van der Waals surface area contributed by atoms with Crippen LogP contribution in [0, 0.1) is 0 Å². The largest absolute Gasteiger partial charge is 0.492 e. The van der Waals surface area contributed by atoms with Crippen molar-refractivity contribution in [2.75, 3.05) is 32.1 Å². The van der Waals surface area contributed by atoms with E-state index in [4.69, 9.17) is 10.5 Å². The molecular weight excluding hydrogens is 350 g/mol. The second-order valence-electron chi connectivity index (χ2n) is 6.37. The van der Waals surface area contributed by atoms with E-state index >= 15 is 0 Å². The average molecular weight is 373 g/mol. The number of aryl methyl sites for hydroxylation is 1. The molecule has 6 nitrogen and oxygen atoms in total. The highest BCUT2D eigenvalue weighted by atomic mass is 32.1. The number of ether oxygens (including phenoxy) is 1. The van der Waals surface area contributed by atoms with Crippen LogP contribution >= 0.6 is 11.3 Å². The first-order valence-corrected chi connectivity index (χ1v) is 9.47. The number of para-hydroxylation sites is 1. The number of hydrogen-bond donors (Lipinski definition) is 2. The van der Waals surface area contributed by atoms with E-state index in [0.29, 0.717) is 23.7 Å². The average Bonchev–Trinajstić information content (AvgIpc) is 3.15. The second kappa shape index (κ2) is 8.33. The van der Waals surface area contributed by atoms with Crippen molar-refractivity contribution in [3.05, 3.63) is 46.3 Å². The zero-order valence-corrected chi connectivity index (χ0v) is 15.6. The van der Waals surface area contributed by atoms with E-state index in [9.17, 15) is 9.59 Å². The van der Waals surface area contributed by atoms with Gasteiger partial charge in [-0.25, -0.2) is 0 Å². The van der Waals surface area contributed by atoms with E-state index in [0.717, 1.165) is 30.6 Å². The Morgan fingerprint density at radius 1 is 1.27 bits per heavy atom. The molecule has 7 heteroatoms. The van der Waals surface area contributed by atoms with Crippen molar-refractivity contribution in [3.63, 3.8) is 0 Å². The Kier molecular flexibility index (Phi) is 5.90. The summed E-state index contributed by atoms with van der Waals surface area (Å²) in [5.41, 5.74) is 7.03. The molecule has 1 aliphatic carbocycles. The molecule has 1 aliphatic rings. The van der Waals surface area contributed by atoms with Gasteiger partial charge >= 0.3 is 0 Å². The van der Waals surface area contributed by atoms with Crippen LogP contribution < -0.4 is 15.8 Å². The summed E-state index contributed by atoms with van der Waals surface area (Å²) >= 11 is 1.47. The maximum Gasteiger partial charge on any atom is 0.251 e. The number of likely N-dealkylation sites (N-methyl/N-ethyl adjacent to an activating group) is 1. The lowest BCUT2D eigenvalue weighted by Crippen LogP contribution is -2.33. The van der Waals surface area contributed by atoms with Crippen molar-refractivity contribution in [1.82, 2.24) is 4.90 Å². The normalized spacial score (nSPS) is 12.8. The summed E-state index contributed by atoms with van der Waals surface area (Å²) in [6, 6.07) is 9.56. The molecule has 0 saturated heterocycles. The predicted octanol–water partition coefficient (Wildman–Crippen LogP) is 2.29. The minimum atomic E-state index is -0.468. The Bertz CT molecular complexity index is 789. The van der Waals surface area contributed by atoms with E-state index < -0.39 is 5.91 Å². The highest BCUT2D eigenvalue weighted by Crippen LogP contribution is 2.38. The minimum Gasteiger partial charge on any atom is -0.492 e. The van der Waals surface area contributed by atoms with Crippen LogP contribution in [0.4, 0.5) is 5.00 Å². The first kappa shape index (κ1) is 18.4. The highest BCUT2D eigenvalue weighted by Gasteiger charge is 2.26. The summed E-state index contributed by atoms with van der Waals surface area (Å²) in [5.74, 6) is 0.184. The van der Waals surface area contributed by atoms with Crippen molar-refractivity contribution < 1.29 is 14.3 Å². The van der Waals surface area contributed by atoms with Crippen LogP contribution in [-0.2, 0) is 17.6 Å². The third kappa shape index (κ3) is 4.42. The molecule has 26 heavy (non-hydrogen) atoms. The van der Waals surface area contributed by atoms with E-state index in [-0.39, 0.29) is 12.5 Å². The van der Waals surface area contributed by atoms with E-state index in [2.05, 4.69) is 5.32 Å². The van der Waals surface area contributed by atoms with Gasteiger partial charge < -0.3 is 15.8 Å². The minimum absolute atomic E-state index is 0.158. The van der Waals surface area contributed by atoms with Crippen LogP contribution in [0.2, 0.25) is 0 Å². The zero-order chi connectivity index (χ0) is 18.5. The number of primary amides is 1. The topological polar surface area (TPSA) is 84.7 Å². The lowest BCUT2D eigenvalue weighted by Gasteiger charge is -2.16. The summed E-state index contributed by atoms with van der Waals surface area (Å²) < 4.78 is 5.64. The molecule has 2 amide bonds. The Morgan fingerprint density at radius 2 is 2.04 bits per heavy atom. The quantitative estimate of drug-likeness (QED) is 0.743. The Morgan fingerprint density at radius 3 is 2.77 bits per heavy atom. The summed E-state index contributed by atoms with van der Waals surface area (Å²) in [6.45, 7) is 1.33. The van der Waals surface area contributed by atoms with E-state index in [1.807, 2.05) is 42.3 Å². The number of nitrogens with zero attached hydrogens (tertiary/aromatic N) is 1. The number of nitrogens with one attached hydrogen (secondary N) is 1. The number of fused-ring (bicyclic) bond motifs is 1. The molecule has 0 spiro atoms. The maximum atomic E-state index is 12.3. The van der Waals surface area contributed by atoms with Crippen LogP contribution in [0.3, 0.4) is 0 Å². The lowest BCUT2D eigenvalue weighted by molar-refractivity contribution is -0.117. The molecule has 1 heterocycles. The monoisotopic (exact) mass is 373 g/mol. The molecule has 0 fully saturated rings. The van der Waals surface area contributed by atoms with Gasteiger partial charge in [-0.3, -0.25) is 14.5 Å². The third-order valence-corrected chi connectivity index (χ3v) is 5.53. The number of thiophene rings is 1. The number of carbonyl (C=O) groups excluding carboxylic acids is 2. The van der Waals surface area contributed by atoms with Gasteiger partial charge in [0.1, 0.15) is 17.4 Å². The van der Waals surface area contributed by atoms with Gasteiger partial charge in [-0.1, -0.05) is 18.2 Å². The maximum absolute atomic E-state index is 12.3. The molecule has 138 valence electrons. The first-order valence-electron chi connectivity index (χ1n) is 8.65. The SMILES string of the molecule is CN(CCOc1ccccc1)CC(=O)Nc1sc2c(c1C(N)=O)CCC2. The summed E-state index contributed by atoms with van der Waals surface area (Å²) in [4.78, 5) is 27.1. The van der Waals surface area contributed by atoms with Gasteiger partial charge in [-0.05, 0) is 44.0 Å². The summed E-state index contributed by atoms with van der Waals surface area (Å²) in [5, 5.41) is 3.44. The molecule has 0 unspecified atom stereocenters. The molecule has 2 aromatic rings. The summed E-state index contributed by atoms with van der Waals surface area (Å²) in [6.07, 6.45) is 2.85. The molecule has 1 aromatic carbocycles. The number of benzene rings is 1. The fourth-order valence-electron chi connectivity index (χ4n) is 3.08. The van der Waals surface area contributed by atoms with E-state index in [1.54, 1.807) is 0 Å². The molecule has 0 bridgehead atoms. The predicted molar refractivity (Wildman–Crippen MR) is 103 cm³/mol. The van der Waals surface area contributed by atoms with Gasteiger partial charge in [0.15, 0.2) is 0 Å². The fraction of sp³-hybridized carbons (Fsp3) is 0.368. The van der Waals surface area contributed by atoms with Crippen molar-refractivity contribution in [3.8, 4) is 5.75 Å². The molecule has 0 saturated carbocycles. The van der Waals surface area contributed by atoms with Gasteiger partial charge in [0, 0.05) is 11.4 Å². The number of anilines is 1. The lowest BCUT2D eigenvalue weighted by atomic mass is 10.1. The Balaban J connectivity index is 1.50. The fourth-order valence-corrected chi connectivity index (χ4v) is 4.39. The molecular formula is C19H23N3O3S. The van der Waals surface area contributed by atoms with Crippen molar-refractivity contribution in [2.24, 2.45) is 5.73 Å². The van der Waals surface area contributed by atoms with Gasteiger partial charge in [-0.2, -0.15) is 0 Å². The smallest absolute Gasteiger partial charge is 0.251 e. The number of rotatable bonds is 8. The zero-order valence-electron chi connectivity index (χ0n) is 14.8. The number of carbonyl (C=O) groups is 2. The van der Waals surface area contributed by atoms with Gasteiger partial charge in [0.2, 0.25) is 5.91 Å². The molecule has 0 aliphatic heterocycles. The number of amides is 2. The standard InChI is InChI=1S/C19H23N3O3S/c1-22(10-11-25-13-6-3-2-4-7-13)12-16(23)21-19-17(18(20)24)14-8-5-9-15(14)26-19/h2-4,6-7H,5,8-12H2,1H3,(H2,20,24)(H,21,23). The van der Waals surface area contributed by atoms with Crippen LogP contribution in [0.25, 0.3) is 0 Å². The molecule has 0 atom stereocenters. The summed E-state index contributed by atoms with van der Waals surface area (Å²) in [7, 11) is 1.86. The van der Waals surface area contributed by atoms with Gasteiger partial charge in [0.05, 0.1) is 12.1 Å². The Labute approximate surface area is 156 Å². The molecule has 0 radical (unpaired) electrons. The van der Waals surface area contributed by atoms with Gasteiger partial charge in [0.25, 0.3) is 5.91 Å². The van der Waals surface area contributed by atoms with Crippen LogP contribution in [0.1, 0.15) is 27.2 Å². The van der Waals surface area contributed by atoms with Gasteiger partial charge in [-0.15, -0.1) is 11.3 Å². The van der Waals surface area contributed by atoms with Crippen LogP contribution in [0.15, 0.2) is 30.3 Å². The van der Waals surface area contributed by atoms with E-state index in [1.165, 1.54) is 16.2 Å². The first-order chi connectivity index (χ1) is 12.5. The molecule has 3 rings (SSSR count). The van der Waals surface area contributed by atoms with Crippen molar-refractivity contribution in [2.45, 2.75) is 19.3 Å². The van der Waals surface area contributed by atoms with Crippen LogP contribution in [0.5, 0.6) is 5.75 Å². The third-order valence-electron chi connectivity index (χ3n) is 4.32. The highest BCUT2D eigenvalue weighted by molar-refractivity contribution is 7.17. The molecule has 1 aromatic heterocycles. The van der Waals surface area contributed by atoms with Crippen LogP contribution in [-0.4, -0.2) is 43.5 Å². The van der Waals surface area contributed by atoms with Crippen molar-refractivity contribution >= 4 is 28.2 Å². The number of nitrogens with two attached hydrogens (primary N) is 1. The number of hydrogen-bond acceptors (Lipinski definition) is 5.